The Labute approximate surface area is 146 Å². The fraction of sp³-hybridized carbons (Fsp3) is 0.529. The Hall–Kier alpha value is -1.40. The Balaban J connectivity index is 2.01. The summed E-state index contributed by atoms with van der Waals surface area (Å²) in [5.41, 5.74) is 1.91. The van der Waals surface area contributed by atoms with Crippen LogP contribution in [0.3, 0.4) is 0 Å². The molecular weight excluding hydrogens is 358 g/mol. The minimum Gasteiger partial charge on any atom is -0.339 e. The van der Waals surface area contributed by atoms with Crippen molar-refractivity contribution in [1.29, 1.82) is 0 Å². The summed E-state index contributed by atoms with van der Waals surface area (Å²) in [5, 5.41) is 2.92. The zero-order chi connectivity index (χ0) is 17.1. The third kappa shape index (κ3) is 4.54. The number of nitrogens with one attached hydrogen (secondary N) is 1. The van der Waals surface area contributed by atoms with Crippen molar-refractivity contribution in [2.75, 3.05) is 26.0 Å². The van der Waals surface area contributed by atoms with E-state index in [1.54, 1.807) is 4.90 Å². The van der Waals surface area contributed by atoms with Gasteiger partial charge in [-0.25, -0.2) is 0 Å². The first-order valence-electron chi connectivity index (χ1n) is 7.81. The highest BCUT2D eigenvalue weighted by molar-refractivity contribution is 9.10. The molecular formula is C17H24BrN3O2. The van der Waals surface area contributed by atoms with E-state index in [0.717, 1.165) is 22.3 Å². The van der Waals surface area contributed by atoms with Crippen LogP contribution in [0.2, 0.25) is 0 Å². The molecule has 1 N–H and O–H groups in total. The predicted octanol–water partition coefficient (Wildman–Crippen LogP) is 2.71. The molecule has 1 atom stereocenters. The highest BCUT2D eigenvalue weighted by Crippen LogP contribution is 2.25. The van der Waals surface area contributed by atoms with Crippen LogP contribution >= 0.6 is 15.9 Å². The lowest BCUT2D eigenvalue weighted by Crippen LogP contribution is -2.33. The van der Waals surface area contributed by atoms with Gasteiger partial charge in [0.25, 0.3) is 0 Å². The summed E-state index contributed by atoms with van der Waals surface area (Å²) in [6, 6.07) is 5.95. The van der Waals surface area contributed by atoms with Crippen molar-refractivity contribution in [3.63, 3.8) is 0 Å². The van der Waals surface area contributed by atoms with Gasteiger partial charge < -0.3 is 15.1 Å². The molecule has 1 saturated heterocycles. The van der Waals surface area contributed by atoms with Crippen LogP contribution in [-0.4, -0.2) is 48.3 Å². The number of rotatable bonds is 5. The molecule has 6 heteroatoms. The molecule has 0 aromatic heterocycles. The molecule has 2 amide bonds. The molecule has 1 unspecified atom stereocenters. The molecule has 0 saturated carbocycles. The Morgan fingerprint density at radius 3 is 2.65 bits per heavy atom. The Morgan fingerprint density at radius 1 is 1.43 bits per heavy atom. The number of halogens is 1. The summed E-state index contributed by atoms with van der Waals surface area (Å²) in [7, 11) is 4.03. The smallest absolute Gasteiger partial charge is 0.229 e. The van der Waals surface area contributed by atoms with Gasteiger partial charge in [-0.2, -0.15) is 0 Å². The molecule has 0 radical (unpaired) electrons. The Kier molecular flexibility index (Phi) is 5.81. The number of amides is 2. The van der Waals surface area contributed by atoms with Gasteiger partial charge in [0.15, 0.2) is 0 Å². The van der Waals surface area contributed by atoms with E-state index in [0.29, 0.717) is 13.0 Å². The molecule has 1 heterocycles. The first-order valence-corrected chi connectivity index (χ1v) is 8.60. The maximum absolute atomic E-state index is 12.4. The van der Waals surface area contributed by atoms with Crippen LogP contribution in [-0.2, 0) is 16.1 Å². The van der Waals surface area contributed by atoms with Crippen molar-refractivity contribution in [2.45, 2.75) is 32.9 Å². The Morgan fingerprint density at radius 2 is 2.13 bits per heavy atom. The van der Waals surface area contributed by atoms with Crippen molar-refractivity contribution in [1.82, 2.24) is 9.80 Å². The van der Waals surface area contributed by atoms with Gasteiger partial charge in [-0.15, -0.1) is 0 Å². The van der Waals surface area contributed by atoms with Gasteiger partial charge in [-0.1, -0.05) is 22.0 Å². The molecule has 23 heavy (non-hydrogen) atoms. The van der Waals surface area contributed by atoms with E-state index in [1.165, 1.54) is 0 Å². The van der Waals surface area contributed by atoms with Crippen LogP contribution in [0, 0.1) is 5.92 Å². The summed E-state index contributed by atoms with van der Waals surface area (Å²) in [4.78, 5) is 28.2. The summed E-state index contributed by atoms with van der Waals surface area (Å²) in [6.07, 6.45) is 0.296. The van der Waals surface area contributed by atoms with Gasteiger partial charge in [0.2, 0.25) is 11.8 Å². The second kappa shape index (κ2) is 7.45. The maximum atomic E-state index is 12.4. The molecule has 5 nitrogen and oxygen atoms in total. The SMILES string of the molecule is CC(C)N1CC(C(=O)Nc2ccc(CN(C)C)c(Br)c2)CC1=O. The molecule has 1 aromatic rings. The minimum absolute atomic E-state index is 0.0580. The third-order valence-corrected chi connectivity index (χ3v) is 4.70. The average Bonchev–Trinajstić information content (AvgIpc) is 2.84. The number of carbonyl (C=O) groups excluding carboxylic acids is 2. The summed E-state index contributed by atoms with van der Waals surface area (Å²) >= 11 is 3.55. The molecule has 1 aromatic carbocycles. The van der Waals surface area contributed by atoms with Crippen LogP contribution in [0.5, 0.6) is 0 Å². The molecule has 0 aliphatic carbocycles. The molecule has 126 valence electrons. The maximum Gasteiger partial charge on any atom is 0.229 e. The van der Waals surface area contributed by atoms with Gasteiger partial charge in [0.1, 0.15) is 0 Å². The molecule has 2 rings (SSSR count). The molecule has 0 spiro atoms. The van der Waals surface area contributed by atoms with E-state index in [-0.39, 0.29) is 23.8 Å². The normalized spacial score (nSPS) is 18.1. The van der Waals surface area contributed by atoms with Crippen LogP contribution in [0.25, 0.3) is 0 Å². The van der Waals surface area contributed by atoms with E-state index in [2.05, 4.69) is 26.1 Å². The van der Waals surface area contributed by atoms with Crippen LogP contribution in [0.1, 0.15) is 25.8 Å². The average molecular weight is 382 g/mol. The second-order valence-corrected chi connectivity index (χ2v) is 7.43. The number of anilines is 1. The minimum atomic E-state index is -0.273. The van der Waals surface area contributed by atoms with Gasteiger partial charge >= 0.3 is 0 Å². The quantitative estimate of drug-likeness (QED) is 0.852. The van der Waals surface area contributed by atoms with Crippen LogP contribution in [0.15, 0.2) is 22.7 Å². The van der Waals surface area contributed by atoms with E-state index in [1.807, 2.05) is 46.1 Å². The van der Waals surface area contributed by atoms with E-state index >= 15 is 0 Å². The number of benzene rings is 1. The third-order valence-electron chi connectivity index (χ3n) is 3.96. The van der Waals surface area contributed by atoms with Crippen molar-refractivity contribution in [3.8, 4) is 0 Å². The van der Waals surface area contributed by atoms with Crippen LogP contribution in [0.4, 0.5) is 5.69 Å². The number of nitrogens with zero attached hydrogens (tertiary/aromatic N) is 2. The van der Waals surface area contributed by atoms with Crippen molar-refractivity contribution >= 4 is 33.4 Å². The number of hydrogen-bond donors (Lipinski definition) is 1. The summed E-state index contributed by atoms with van der Waals surface area (Å²) < 4.78 is 0.968. The summed E-state index contributed by atoms with van der Waals surface area (Å²) in [5.74, 6) is -0.304. The first-order chi connectivity index (χ1) is 10.8. The molecule has 1 aliphatic rings. The number of hydrogen-bond acceptors (Lipinski definition) is 3. The fourth-order valence-corrected chi connectivity index (χ4v) is 3.25. The van der Waals surface area contributed by atoms with Crippen LogP contribution < -0.4 is 5.32 Å². The largest absolute Gasteiger partial charge is 0.339 e. The van der Waals surface area contributed by atoms with E-state index in [9.17, 15) is 9.59 Å². The highest BCUT2D eigenvalue weighted by atomic mass is 79.9. The number of carbonyl (C=O) groups is 2. The molecule has 0 bridgehead atoms. The summed E-state index contributed by atoms with van der Waals surface area (Å²) in [6.45, 7) is 5.27. The fourth-order valence-electron chi connectivity index (χ4n) is 2.74. The van der Waals surface area contributed by atoms with E-state index in [4.69, 9.17) is 0 Å². The van der Waals surface area contributed by atoms with Crippen molar-refractivity contribution in [2.24, 2.45) is 5.92 Å². The van der Waals surface area contributed by atoms with Gasteiger partial charge in [-0.05, 0) is 45.6 Å². The standard InChI is InChI=1S/C17H24BrN3O2/c1-11(2)21-10-13(7-16(21)22)17(23)19-14-6-5-12(9-20(3)4)15(18)8-14/h5-6,8,11,13H,7,9-10H2,1-4H3,(H,19,23). The molecule has 1 fully saturated rings. The lowest BCUT2D eigenvalue weighted by molar-refractivity contribution is -0.129. The first kappa shape index (κ1) is 17.9. The van der Waals surface area contributed by atoms with Crippen molar-refractivity contribution in [3.05, 3.63) is 28.2 Å². The zero-order valence-electron chi connectivity index (χ0n) is 14.1. The Bertz CT molecular complexity index is 602. The molecule has 1 aliphatic heterocycles. The number of likely N-dealkylation sites (tertiary alicyclic amines) is 1. The van der Waals surface area contributed by atoms with Gasteiger partial charge in [0.05, 0.1) is 5.92 Å². The predicted molar refractivity (Wildman–Crippen MR) is 95.1 cm³/mol. The lowest BCUT2D eigenvalue weighted by atomic mass is 10.1. The van der Waals surface area contributed by atoms with E-state index < -0.39 is 0 Å². The van der Waals surface area contributed by atoms with Crippen molar-refractivity contribution < 1.29 is 9.59 Å². The second-order valence-electron chi connectivity index (χ2n) is 6.57. The lowest BCUT2D eigenvalue weighted by Gasteiger charge is -2.20. The monoisotopic (exact) mass is 381 g/mol. The topological polar surface area (TPSA) is 52.7 Å². The van der Waals surface area contributed by atoms with Gasteiger partial charge in [-0.3, -0.25) is 9.59 Å². The zero-order valence-corrected chi connectivity index (χ0v) is 15.7. The highest BCUT2D eigenvalue weighted by Gasteiger charge is 2.35. The van der Waals surface area contributed by atoms with Gasteiger partial charge in [0, 0.05) is 35.7 Å².